The maximum atomic E-state index is 11.6. The predicted molar refractivity (Wildman–Crippen MR) is 85.4 cm³/mol. The fraction of sp³-hybridized carbons (Fsp3) is 0.462. The zero-order valence-electron chi connectivity index (χ0n) is 13.2. The van der Waals surface area contributed by atoms with Gasteiger partial charge in [-0.25, -0.2) is 0 Å². The predicted octanol–water partition coefficient (Wildman–Crippen LogP) is 2.30. The zero-order chi connectivity index (χ0) is 18.1. The number of benzene rings is 1. The molecule has 0 saturated heterocycles. The third-order valence-corrected chi connectivity index (χ3v) is 5.31. The number of nitrogens with zero attached hydrogens (tertiary/aromatic N) is 1. The van der Waals surface area contributed by atoms with Crippen LogP contribution < -0.4 is 5.73 Å². The molecule has 1 atom stereocenters. The van der Waals surface area contributed by atoms with Crippen LogP contribution in [0.4, 0.5) is 0 Å². The first-order valence-corrected chi connectivity index (χ1v) is 9.74. The Bertz CT molecular complexity index is 659. The molecule has 1 rings (SSSR count). The van der Waals surface area contributed by atoms with Crippen LogP contribution in [-0.2, 0) is 23.7 Å². The quantitative estimate of drug-likeness (QED) is 0.579. The Morgan fingerprint density at radius 1 is 1.26 bits per heavy atom. The third kappa shape index (κ3) is 7.70. The molecule has 0 amide bonds. The van der Waals surface area contributed by atoms with E-state index < -0.39 is 23.5 Å². The van der Waals surface area contributed by atoms with Gasteiger partial charge in [0, 0.05) is 0 Å². The molecule has 0 radical (unpaired) electrons. The first-order chi connectivity index (χ1) is 10.6. The molecule has 23 heavy (non-hydrogen) atoms. The monoisotopic (exact) mass is 364 g/mol. The molecule has 10 heteroatoms. The largest absolute Gasteiger partial charge is 0.361 e. The Morgan fingerprint density at radius 2 is 1.70 bits per heavy atom. The summed E-state index contributed by atoms with van der Waals surface area (Å²) in [5.74, 6) is -1.20. The normalized spacial score (nSPS) is 12.7. The van der Waals surface area contributed by atoms with Crippen LogP contribution in [0.2, 0.25) is 0 Å². The minimum Gasteiger partial charge on any atom is -0.307 e. The molecule has 1 unspecified atom stereocenters. The summed E-state index contributed by atoms with van der Waals surface area (Å²) in [4.78, 5) is -0.0666. The van der Waals surface area contributed by atoms with Crippen molar-refractivity contribution in [3.8, 4) is 6.07 Å². The van der Waals surface area contributed by atoms with E-state index >= 15 is 0 Å². The summed E-state index contributed by atoms with van der Waals surface area (Å²) < 4.78 is 50.7. The van der Waals surface area contributed by atoms with Crippen LogP contribution in [0.3, 0.4) is 0 Å². The summed E-state index contributed by atoms with van der Waals surface area (Å²) in [5.41, 5.74) is 6.21. The zero-order valence-corrected chi connectivity index (χ0v) is 14.9. The first-order valence-electron chi connectivity index (χ1n) is 6.68. The molecular formula is C13H21N2O6PS. The van der Waals surface area contributed by atoms with Gasteiger partial charge in [0.15, 0.2) is 5.78 Å². The summed E-state index contributed by atoms with van der Waals surface area (Å²) in [5, 5.41) is 8.42. The average molecular weight is 364 g/mol. The maximum absolute atomic E-state index is 11.6. The Labute approximate surface area is 136 Å². The minimum absolute atomic E-state index is 0.0666. The molecule has 0 aliphatic carbocycles. The number of nitrogens with two attached hydrogens (primary N) is 1. The molecule has 130 valence electrons. The fourth-order valence-corrected chi connectivity index (χ4v) is 3.08. The van der Waals surface area contributed by atoms with E-state index in [1.165, 1.54) is 12.1 Å². The number of aryl methyl sites for hydroxylation is 1. The van der Waals surface area contributed by atoms with Crippen molar-refractivity contribution in [2.75, 3.05) is 13.2 Å². The molecule has 0 fully saturated rings. The van der Waals surface area contributed by atoms with Gasteiger partial charge in [0.2, 0.25) is 0 Å². The van der Waals surface area contributed by atoms with E-state index in [0.717, 1.165) is 5.56 Å². The van der Waals surface area contributed by atoms with Crippen LogP contribution in [0.25, 0.3) is 0 Å². The molecular weight excluding hydrogens is 343 g/mol. The molecule has 0 heterocycles. The SMILES string of the molecule is CCOP(=O)(OCC)C(N)C#N.Cc1ccc(S(=O)(=O)O)cc1. The van der Waals surface area contributed by atoms with E-state index in [1.807, 2.05) is 6.92 Å². The second-order valence-electron chi connectivity index (χ2n) is 4.24. The number of hydrogen-bond donors (Lipinski definition) is 2. The molecule has 0 aliphatic heterocycles. The van der Waals surface area contributed by atoms with Gasteiger partial charge in [0.25, 0.3) is 10.1 Å². The van der Waals surface area contributed by atoms with E-state index in [0.29, 0.717) is 0 Å². The van der Waals surface area contributed by atoms with E-state index in [4.69, 9.17) is 24.6 Å². The molecule has 0 aromatic heterocycles. The first kappa shape index (κ1) is 21.7. The second-order valence-corrected chi connectivity index (χ2v) is 7.81. The van der Waals surface area contributed by atoms with Crippen molar-refractivity contribution in [3.63, 3.8) is 0 Å². The lowest BCUT2D eigenvalue weighted by atomic mass is 10.2. The molecule has 0 bridgehead atoms. The van der Waals surface area contributed by atoms with Gasteiger partial charge in [0.1, 0.15) is 0 Å². The molecule has 1 aromatic carbocycles. The summed E-state index contributed by atoms with van der Waals surface area (Å²) in [6.07, 6.45) is 0. The van der Waals surface area contributed by atoms with Crippen molar-refractivity contribution in [2.24, 2.45) is 5.73 Å². The van der Waals surface area contributed by atoms with Crippen molar-refractivity contribution < 1.29 is 26.6 Å². The van der Waals surface area contributed by atoms with E-state index in [2.05, 4.69) is 0 Å². The lowest BCUT2D eigenvalue weighted by Crippen LogP contribution is -2.20. The van der Waals surface area contributed by atoms with Gasteiger partial charge >= 0.3 is 7.60 Å². The van der Waals surface area contributed by atoms with E-state index in [1.54, 1.807) is 32.0 Å². The third-order valence-electron chi connectivity index (χ3n) is 2.41. The number of rotatable bonds is 6. The Balaban J connectivity index is 0.000000422. The van der Waals surface area contributed by atoms with Gasteiger partial charge in [-0.3, -0.25) is 9.12 Å². The van der Waals surface area contributed by atoms with Gasteiger partial charge in [-0.1, -0.05) is 17.7 Å². The standard InChI is InChI=1S/C7H8O3S.C6H13N2O3P/c1-6-2-4-7(5-3-6)11(8,9)10;1-3-10-12(9,11-4-2)6(8)5-7/h2-5H,1H3,(H,8,9,10);6H,3-4,8H2,1-2H3. The Hall–Kier alpha value is -1.27. The topological polar surface area (TPSA) is 140 Å². The van der Waals surface area contributed by atoms with Gasteiger partial charge in [-0.15, -0.1) is 0 Å². The highest BCUT2D eigenvalue weighted by Crippen LogP contribution is 2.50. The van der Waals surface area contributed by atoms with Crippen LogP contribution in [-0.4, -0.2) is 32.0 Å². The molecule has 0 saturated carbocycles. The van der Waals surface area contributed by atoms with Crippen LogP contribution in [0, 0.1) is 18.3 Å². The Kier molecular flexibility index (Phi) is 9.24. The van der Waals surface area contributed by atoms with Crippen LogP contribution in [0.15, 0.2) is 29.2 Å². The number of nitriles is 1. The molecule has 1 aromatic rings. The summed E-state index contributed by atoms with van der Waals surface area (Å²) >= 11 is 0. The van der Waals surface area contributed by atoms with Gasteiger partial charge in [-0.2, -0.15) is 13.7 Å². The van der Waals surface area contributed by atoms with Crippen LogP contribution in [0.1, 0.15) is 19.4 Å². The summed E-state index contributed by atoms with van der Waals surface area (Å²) in [6, 6.07) is 7.63. The smallest absolute Gasteiger partial charge is 0.307 e. The minimum atomic E-state index is -4.02. The summed E-state index contributed by atoms with van der Waals surface area (Å²) in [6.45, 7) is 5.60. The molecule has 8 nitrogen and oxygen atoms in total. The lowest BCUT2D eigenvalue weighted by Gasteiger charge is -2.17. The average Bonchev–Trinajstić information content (AvgIpc) is 2.47. The molecule has 0 spiro atoms. The number of hydrogen-bond acceptors (Lipinski definition) is 7. The van der Waals surface area contributed by atoms with Crippen molar-refractivity contribution in [1.82, 2.24) is 0 Å². The highest BCUT2D eigenvalue weighted by molar-refractivity contribution is 7.85. The van der Waals surface area contributed by atoms with Crippen LogP contribution >= 0.6 is 7.60 Å². The van der Waals surface area contributed by atoms with Crippen molar-refractivity contribution in [1.29, 1.82) is 5.26 Å². The highest BCUT2D eigenvalue weighted by atomic mass is 32.2. The van der Waals surface area contributed by atoms with Crippen molar-refractivity contribution in [2.45, 2.75) is 31.4 Å². The van der Waals surface area contributed by atoms with E-state index in [-0.39, 0.29) is 18.1 Å². The van der Waals surface area contributed by atoms with Crippen LogP contribution in [0.5, 0.6) is 0 Å². The van der Waals surface area contributed by atoms with Crippen molar-refractivity contribution >= 4 is 17.7 Å². The lowest BCUT2D eigenvalue weighted by molar-refractivity contribution is 0.216. The fourth-order valence-electron chi connectivity index (χ4n) is 1.34. The summed E-state index contributed by atoms with van der Waals surface area (Å²) in [7, 11) is -7.41. The van der Waals surface area contributed by atoms with Gasteiger partial charge < -0.3 is 14.8 Å². The van der Waals surface area contributed by atoms with Gasteiger partial charge in [-0.05, 0) is 32.9 Å². The Morgan fingerprint density at radius 3 is 2.00 bits per heavy atom. The van der Waals surface area contributed by atoms with Crippen molar-refractivity contribution in [3.05, 3.63) is 29.8 Å². The maximum Gasteiger partial charge on any atom is 0.361 e. The van der Waals surface area contributed by atoms with Gasteiger partial charge in [0.05, 0.1) is 24.2 Å². The second kappa shape index (κ2) is 9.78. The van der Waals surface area contributed by atoms with E-state index in [9.17, 15) is 13.0 Å². The molecule has 0 aliphatic rings. The molecule has 3 N–H and O–H groups in total. The highest BCUT2D eigenvalue weighted by Gasteiger charge is 2.32.